The molecule has 0 bridgehead atoms. The van der Waals surface area contributed by atoms with Crippen LogP contribution in [0.4, 0.5) is 0 Å². The Morgan fingerprint density at radius 2 is 2.00 bits per heavy atom. The maximum Gasteiger partial charge on any atom is 0.168 e. The minimum atomic E-state index is 0.0735. The largest absolute Gasteiger partial charge is 0.511 e. The highest BCUT2D eigenvalue weighted by Crippen LogP contribution is 2.24. The Kier molecular flexibility index (Phi) is 2.17. The summed E-state index contributed by atoms with van der Waals surface area (Å²) in [6, 6.07) is 0. The van der Waals surface area contributed by atoms with Gasteiger partial charge in [-0.25, -0.2) is 0 Å². The van der Waals surface area contributed by atoms with Gasteiger partial charge >= 0.3 is 0 Å². The molecule has 0 spiro atoms. The van der Waals surface area contributed by atoms with Gasteiger partial charge in [-0.2, -0.15) is 0 Å². The predicted octanol–water partition coefficient (Wildman–Crippen LogP) is 1.79. The van der Waals surface area contributed by atoms with E-state index in [-0.39, 0.29) is 11.5 Å². The van der Waals surface area contributed by atoms with E-state index in [2.05, 4.69) is 4.99 Å². The van der Waals surface area contributed by atoms with Crippen LogP contribution in [0.5, 0.6) is 0 Å². The first-order valence-corrected chi connectivity index (χ1v) is 4.78. The van der Waals surface area contributed by atoms with Crippen molar-refractivity contribution in [3.05, 3.63) is 11.3 Å². The molecule has 0 unspecified atom stereocenters. The third kappa shape index (κ3) is 1.50. The third-order valence-corrected chi connectivity index (χ3v) is 2.55. The Hall–Kier alpha value is -1.12. The van der Waals surface area contributed by atoms with Crippen LogP contribution in [-0.2, 0) is 4.79 Å². The lowest BCUT2D eigenvalue weighted by Gasteiger charge is -2.14. The number of ketones is 1. The number of allylic oxidation sites excluding steroid dienone is 2. The molecule has 2 rings (SSSR count). The first-order valence-electron chi connectivity index (χ1n) is 4.78. The van der Waals surface area contributed by atoms with Gasteiger partial charge in [0.15, 0.2) is 5.78 Å². The molecule has 3 heteroatoms. The van der Waals surface area contributed by atoms with Crippen molar-refractivity contribution in [1.29, 1.82) is 0 Å². The molecule has 0 aromatic heterocycles. The number of carbonyl (C=O) groups is 1. The van der Waals surface area contributed by atoms with Crippen molar-refractivity contribution in [2.75, 3.05) is 6.54 Å². The smallest absolute Gasteiger partial charge is 0.168 e. The summed E-state index contributed by atoms with van der Waals surface area (Å²) in [6.45, 7) is 0.805. The number of carbonyl (C=O) groups excluding carboxylic acids is 1. The summed E-state index contributed by atoms with van der Waals surface area (Å²) in [6.07, 6.45) is 3.85. The number of aliphatic hydroxyl groups is 1. The summed E-state index contributed by atoms with van der Waals surface area (Å²) in [5.74, 6) is 0.335. The minimum absolute atomic E-state index is 0.0735. The summed E-state index contributed by atoms with van der Waals surface area (Å²) in [7, 11) is 0. The summed E-state index contributed by atoms with van der Waals surface area (Å²) in [5.41, 5.74) is 1.37. The molecule has 0 amide bonds. The van der Waals surface area contributed by atoms with Crippen LogP contribution in [0.15, 0.2) is 16.3 Å². The van der Waals surface area contributed by atoms with Gasteiger partial charge in [-0.05, 0) is 19.3 Å². The van der Waals surface area contributed by atoms with Crippen LogP contribution in [0, 0.1) is 0 Å². The number of aliphatic imine (C=N–C) groups is 1. The van der Waals surface area contributed by atoms with Crippen LogP contribution in [0.1, 0.15) is 32.1 Å². The summed E-state index contributed by atoms with van der Waals surface area (Å²) < 4.78 is 0. The molecule has 70 valence electrons. The molecule has 0 saturated heterocycles. The maximum atomic E-state index is 11.5. The van der Waals surface area contributed by atoms with E-state index in [0.29, 0.717) is 18.4 Å². The van der Waals surface area contributed by atoms with E-state index in [0.717, 1.165) is 31.5 Å². The van der Waals surface area contributed by atoms with Crippen LogP contribution >= 0.6 is 0 Å². The zero-order valence-corrected chi connectivity index (χ0v) is 7.55. The Labute approximate surface area is 77.2 Å². The average Bonchev–Trinajstić information content (AvgIpc) is 2.57. The van der Waals surface area contributed by atoms with Crippen molar-refractivity contribution in [3.8, 4) is 0 Å². The highest BCUT2D eigenvalue weighted by atomic mass is 16.3. The lowest BCUT2D eigenvalue weighted by Crippen LogP contribution is -2.18. The van der Waals surface area contributed by atoms with Crippen molar-refractivity contribution < 1.29 is 9.90 Å². The van der Waals surface area contributed by atoms with Gasteiger partial charge in [-0.3, -0.25) is 9.79 Å². The standard InChI is InChI=1S/C10H13NO2/c12-8-4-1-5-9(13)10(8)7-3-2-6-11-7/h12H,1-6H2. The van der Waals surface area contributed by atoms with Crippen molar-refractivity contribution in [1.82, 2.24) is 0 Å². The van der Waals surface area contributed by atoms with Crippen molar-refractivity contribution >= 4 is 11.5 Å². The molecule has 0 fully saturated rings. The summed E-state index contributed by atoms with van der Waals surface area (Å²) in [4.78, 5) is 15.7. The number of hydrogen-bond acceptors (Lipinski definition) is 3. The molecule has 2 aliphatic rings. The second kappa shape index (κ2) is 3.32. The topological polar surface area (TPSA) is 49.7 Å². The number of aliphatic hydroxyl groups excluding tert-OH is 1. The van der Waals surface area contributed by atoms with Gasteiger partial charge in [0.05, 0.1) is 5.57 Å². The molecule has 3 nitrogen and oxygen atoms in total. The van der Waals surface area contributed by atoms with E-state index in [1.165, 1.54) is 0 Å². The monoisotopic (exact) mass is 179 g/mol. The SMILES string of the molecule is O=C1CCCC(O)=C1C1=NCCC1. The number of hydrogen-bond donors (Lipinski definition) is 1. The van der Waals surface area contributed by atoms with Crippen molar-refractivity contribution in [2.45, 2.75) is 32.1 Å². The van der Waals surface area contributed by atoms with E-state index in [9.17, 15) is 9.90 Å². The molecule has 0 aromatic rings. The number of Topliss-reactive ketones (excluding diaryl/α,β-unsaturated/α-hetero) is 1. The molecular weight excluding hydrogens is 166 g/mol. The fourth-order valence-electron chi connectivity index (χ4n) is 1.90. The van der Waals surface area contributed by atoms with Crippen LogP contribution < -0.4 is 0 Å². The van der Waals surface area contributed by atoms with E-state index in [1.807, 2.05) is 0 Å². The van der Waals surface area contributed by atoms with Gasteiger partial charge in [-0.15, -0.1) is 0 Å². The van der Waals surface area contributed by atoms with Gasteiger partial charge in [0.25, 0.3) is 0 Å². The molecule has 0 saturated carbocycles. The lowest BCUT2D eigenvalue weighted by atomic mass is 9.92. The molecule has 1 N–H and O–H groups in total. The molecule has 1 heterocycles. The highest BCUT2D eigenvalue weighted by molar-refractivity contribution is 6.23. The van der Waals surface area contributed by atoms with Crippen molar-refractivity contribution in [2.24, 2.45) is 4.99 Å². The normalized spacial score (nSPS) is 23.7. The zero-order chi connectivity index (χ0) is 9.26. The zero-order valence-electron chi connectivity index (χ0n) is 7.55. The Morgan fingerprint density at radius 3 is 2.62 bits per heavy atom. The highest BCUT2D eigenvalue weighted by Gasteiger charge is 2.25. The first kappa shape index (κ1) is 8.48. The van der Waals surface area contributed by atoms with E-state index in [4.69, 9.17) is 0 Å². The second-order valence-corrected chi connectivity index (χ2v) is 3.53. The van der Waals surface area contributed by atoms with Crippen LogP contribution in [0.25, 0.3) is 0 Å². The van der Waals surface area contributed by atoms with Crippen LogP contribution in [0.3, 0.4) is 0 Å². The van der Waals surface area contributed by atoms with Crippen LogP contribution in [-0.4, -0.2) is 23.1 Å². The fraction of sp³-hybridized carbons (Fsp3) is 0.600. The first-order chi connectivity index (χ1) is 6.29. The molecule has 0 radical (unpaired) electrons. The predicted molar refractivity (Wildman–Crippen MR) is 50.0 cm³/mol. The van der Waals surface area contributed by atoms with Gasteiger partial charge in [0.1, 0.15) is 5.76 Å². The molecule has 0 atom stereocenters. The minimum Gasteiger partial charge on any atom is -0.511 e. The van der Waals surface area contributed by atoms with Crippen LogP contribution in [0.2, 0.25) is 0 Å². The quantitative estimate of drug-likeness (QED) is 0.667. The molecular formula is C10H13NO2. The molecule has 1 aliphatic carbocycles. The van der Waals surface area contributed by atoms with Gasteiger partial charge in [0.2, 0.25) is 0 Å². The van der Waals surface area contributed by atoms with E-state index < -0.39 is 0 Å². The van der Waals surface area contributed by atoms with Gasteiger partial charge in [-0.1, -0.05) is 0 Å². The van der Waals surface area contributed by atoms with Gasteiger partial charge < -0.3 is 5.11 Å². The van der Waals surface area contributed by atoms with E-state index >= 15 is 0 Å². The summed E-state index contributed by atoms with van der Waals surface area (Å²) in [5, 5.41) is 9.58. The Morgan fingerprint density at radius 1 is 1.15 bits per heavy atom. The molecule has 13 heavy (non-hydrogen) atoms. The maximum absolute atomic E-state index is 11.5. The molecule has 0 aromatic carbocycles. The average molecular weight is 179 g/mol. The number of nitrogens with zero attached hydrogens (tertiary/aromatic N) is 1. The number of rotatable bonds is 1. The Balaban J connectivity index is 2.32. The second-order valence-electron chi connectivity index (χ2n) is 3.53. The third-order valence-electron chi connectivity index (χ3n) is 2.55. The van der Waals surface area contributed by atoms with E-state index in [1.54, 1.807) is 0 Å². The fourth-order valence-corrected chi connectivity index (χ4v) is 1.90. The van der Waals surface area contributed by atoms with Gasteiger partial charge in [0, 0.05) is 25.1 Å². The van der Waals surface area contributed by atoms with Crippen molar-refractivity contribution in [3.63, 3.8) is 0 Å². The molecule has 1 aliphatic heterocycles. The summed E-state index contributed by atoms with van der Waals surface area (Å²) >= 11 is 0. The Bertz CT molecular complexity index is 302. The lowest BCUT2D eigenvalue weighted by molar-refractivity contribution is -0.115.